The number of fused-ring (bicyclic) bond motifs is 1. The predicted octanol–water partition coefficient (Wildman–Crippen LogP) is 2.90. The van der Waals surface area contributed by atoms with Crippen molar-refractivity contribution in [3.63, 3.8) is 0 Å². The first-order valence-electron chi connectivity index (χ1n) is 6.50. The number of pyridine rings is 1. The fraction of sp³-hybridized carbons (Fsp3) is 0.0588. The van der Waals surface area contributed by atoms with Gasteiger partial charge in [-0.05, 0) is 28.5 Å². The normalized spacial score (nSPS) is 10.7. The summed E-state index contributed by atoms with van der Waals surface area (Å²) in [5.41, 5.74) is 1.07. The number of rotatable bonds is 2. The molecule has 0 aliphatic rings. The molecule has 4 heteroatoms. The molecule has 104 valence electrons. The minimum atomic E-state index is -1.10. The first-order chi connectivity index (χ1) is 10.1. The first-order valence-corrected chi connectivity index (χ1v) is 6.50. The lowest BCUT2D eigenvalue weighted by atomic mass is 10.0. The Morgan fingerprint density at radius 1 is 1.00 bits per heavy atom. The molecule has 0 saturated heterocycles. The largest absolute Gasteiger partial charge is 0.478 e. The van der Waals surface area contributed by atoms with Gasteiger partial charge in [0.15, 0.2) is 0 Å². The van der Waals surface area contributed by atoms with Gasteiger partial charge in [-0.25, -0.2) is 4.79 Å². The number of nitrogens with zero attached hydrogens (tertiary/aromatic N) is 1. The van der Waals surface area contributed by atoms with Crippen LogP contribution < -0.4 is 5.56 Å². The van der Waals surface area contributed by atoms with Crippen molar-refractivity contribution >= 4 is 16.7 Å². The van der Waals surface area contributed by atoms with E-state index in [9.17, 15) is 9.59 Å². The maximum Gasteiger partial charge on any atom is 0.335 e. The van der Waals surface area contributed by atoms with E-state index in [1.807, 2.05) is 42.5 Å². The fourth-order valence-corrected chi connectivity index (χ4v) is 2.38. The molecule has 3 rings (SSSR count). The van der Waals surface area contributed by atoms with Gasteiger partial charge < -0.3 is 9.67 Å². The maximum absolute atomic E-state index is 11.9. The van der Waals surface area contributed by atoms with Crippen LogP contribution in [0, 0.1) is 0 Å². The molecule has 0 amide bonds. The summed E-state index contributed by atoms with van der Waals surface area (Å²) in [6.45, 7) is 0. The Balaban J connectivity index is 2.26. The summed E-state index contributed by atoms with van der Waals surface area (Å²) in [5.74, 6) is -1.10. The molecule has 21 heavy (non-hydrogen) atoms. The number of hydrogen-bond donors (Lipinski definition) is 1. The third-order valence-electron chi connectivity index (χ3n) is 3.56. The van der Waals surface area contributed by atoms with Gasteiger partial charge in [0, 0.05) is 13.1 Å². The second-order valence-corrected chi connectivity index (χ2v) is 4.89. The smallest absolute Gasteiger partial charge is 0.335 e. The summed E-state index contributed by atoms with van der Waals surface area (Å²) >= 11 is 0. The zero-order valence-electron chi connectivity index (χ0n) is 11.4. The molecule has 0 spiro atoms. The van der Waals surface area contributed by atoms with Crippen LogP contribution in [0.4, 0.5) is 0 Å². The third kappa shape index (κ3) is 2.31. The van der Waals surface area contributed by atoms with Crippen molar-refractivity contribution in [2.75, 3.05) is 0 Å². The van der Waals surface area contributed by atoms with Crippen LogP contribution in [0.3, 0.4) is 0 Å². The quantitative estimate of drug-likeness (QED) is 0.784. The van der Waals surface area contributed by atoms with Gasteiger partial charge in [-0.2, -0.15) is 0 Å². The zero-order chi connectivity index (χ0) is 15.0. The zero-order valence-corrected chi connectivity index (χ0v) is 11.4. The molecule has 1 N–H and O–H groups in total. The lowest BCUT2D eigenvalue weighted by Crippen LogP contribution is -2.19. The summed E-state index contributed by atoms with van der Waals surface area (Å²) in [6, 6.07) is 16.4. The van der Waals surface area contributed by atoms with Crippen LogP contribution in [-0.4, -0.2) is 15.6 Å². The van der Waals surface area contributed by atoms with Crippen molar-refractivity contribution < 1.29 is 9.90 Å². The number of carboxylic acids is 1. The van der Waals surface area contributed by atoms with Gasteiger partial charge in [0.2, 0.25) is 0 Å². The second kappa shape index (κ2) is 4.90. The molecule has 3 aromatic rings. The molecule has 0 aliphatic heterocycles. The topological polar surface area (TPSA) is 59.3 Å². The van der Waals surface area contributed by atoms with Crippen LogP contribution >= 0.6 is 0 Å². The van der Waals surface area contributed by atoms with Crippen LogP contribution in [0.5, 0.6) is 0 Å². The van der Waals surface area contributed by atoms with Gasteiger partial charge in [0.1, 0.15) is 0 Å². The molecule has 1 aromatic heterocycles. The minimum Gasteiger partial charge on any atom is -0.478 e. The number of aromatic carboxylic acids is 1. The monoisotopic (exact) mass is 279 g/mol. The average Bonchev–Trinajstić information content (AvgIpc) is 2.49. The van der Waals surface area contributed by atoms with Gasteiger partial charge in [0.05, 0.1) is 11.3 Å². The molecule has 0 saturated carbocycles. The Labute approximate surface area is 120 Å². The third-order valence-corrected chi connectivity index (χ3v) is 3.56. The van der Waals surface area contributed by atoms with Crippen molar-refractivity contribution in [2.45, 2.75) is 0 Å². The predicted molar refractivity (Wildman–Crippen MR) is 81.6 cm³/mol. The Hall–Kier alpha value is -2.88. The van der Waals surface area contributed by atoms with E-state index in [-0.39, 0.29) is 11.1 Å². The Kier molecular flexibility index (Phi) is 3.06. The SMILES string of the molecule is Cn1c(-c2ccc3ccccc3c2)cc(C(=O)O)cc1=O. The molecular formula is C17H13NO3. The van der Waals surface area contributed by atoms with E-state index in [0.29, 0.717) is 5.69 Å². The fourth-order valence-electron chi connectivity index (χ4n) is 2.38. The summed E-state index contributed by atoms with van der Waals surface area (Å²) in [5, 5.41) is 11.2. The van der Waals surface area contributed by atoms with Crippen LogP contribution in [0.2, 0.25) is 0 Å². The molecule has 0 atom stereocenters. The van der Waals surface area contributed by atoms with Crippen LogP contribution in [-0.2, 0) is 7.05 Å². The number of benzene rings is 2. The van der Waals surface area contributed by atoms with Crippen LogP contribution in [0.1, 0.15) is 10.4 Å². The van der Waals surface area contributed by atoms with E-state index in [1.165, 1.54) is 10.6 Å². The van der Waals surface area contributed by atoms with E-state index in [4.69, 9.17) is 5.11 Å². The van der Waals surface area contributed by atoms with E-state index >= 15 is 0 Å². The van der Waals surface area contributed by atoms with Crippen LogP contribution in [0.25, 0.3) is 22.0 Å². The highest BCUT2D eigenvalue weighted by atomic mass is 16.4. The Morgan fingerprint density at radius 3 is 2.43 bits per heavy atom. The molecule has 0 unspecified atom stereocenters. The molecular weight excluding hydrogens is 266 g/mol. The van der Waals surface area contributed by atoms with Gasteiger partial charge in [0.25, 0.3) is 5.56 Å². The molecule has 0 fully saturated rings. The highest BCUT2D eigenvalue weighted by Gasteiger charge is 2.11. The summed E-state index contributed by atoms with van der Waals surface area (Å²) in [4.78, 5) is 23.0. The first kappa shape index (κ1) is 13.1. The summed E-state index contributed by atoms with van der Waals surface area (Å²) < 4.78 is 1.45. The van der Waals surface area contributed by atoms with E-state index in [1.54, 1.807) is 7.05 Å². The van der Waals surface area contributed by atoms with Crippen molar-refractivity contribution in [2.24, 2.45) is 7.05 Å². The van der Waals surface area contributed by atoms with Crippen LogP contribution in [0.15, 0.2) is 59.4 Å². The number of carbonyl (C=O) groups is 1. The second-order valence-electron chi connectivity index (χ2n) is 4.89. The van der Waals surface area contributed by atoms with Gasteiger partial charge in [-0.3, -0.25) is 4.79 Å². The molecule has 0 aliphatic carbocycles. The van der Waals surface area contributed by atoms with E-state index in [0.717, 1.165) is 22.4 Å². The van der Waals surface area contributed by atoms with Crippen molar-refractivity contribution in [3.8, 4) is 11.3 Å². The van der Waals surface area contributed by atoms with E-state index < -0.39 is 5.97 Å². The number of aromatic nitrogens is 1. The summed E-state index contributed by atoms with van der Waals surface area (Å²) in [7, 11) is 1.64. The number of carboxylic acid groups (broad SMARTS) is 1. The summed E-state index contributed by atoms with van der Waals surface area (Å²) in [6.07, 6.45) is 0. The van der Waals surface area contributed by atoms with Gasteiger partial charge >= 0.3 is 5.97 Å². The highest BCUT2D eigenvalue weighted by Crippen LogP contribution is 2.24. The van der Waals surface area contributed by atoms with Gasteiger partial charge in [-0.1, -0.05) is 36.4 Å². The Morgan fingerprint density at radius 2 is 1.71 bits per heavy atom. The molecule has 1 heterocycles. The van der Waals surface area contributed by atoms with Crippen molar-refractivity contribution in [1.29, 1.82) is 0 Å². The molecule has 4 nitrogen and oxygen atoms in total. The average molecular weight is 279 g/mol. The maximum atomic E-state index is 11.9. The highest BCUT2D eigenvalue weighted by molar-refractivity contribution is 5.90. The lowest BCUT2D eigenvalue weighted by molar-refractivity contribution is 0.0696. The Bertz CT molecular complexity index is 909. The van der Waals surface area contributed by atoms with Crippen molar-refractivity contribution in [3.05, 3.63) is 70.5 Å². The molecule has 0 bridgehead atoms. The molecule has 2 aromatic carbocycles. The van der Waals surface area contributed by atoms with E-state index in [2.05, 4.69) is 0 Å². The lowest BCUT2D eigenvalue weighted by Gasteiger charge is -2.10. The van der Waals surface area contributed by atoms with Gasteiger partial charge in [-0.15, -0.1) is 0 Å². The van der Waals surface area contributed by atoms with Crippen molar-refractivity contribution in [1.82, 2.24) is 4.57 Å². The standard InChI is InChI=1S/C17H13NO3/c1-18-15(9-14(17(20)21)10-16(18)19)13-7-6-11-4-2-3-5-12(11)8-13/h2-10H,1H3,(H,20,21). The minimum absolute atomic E-state index is 0.00117. The number of hydrogen-bond acceptors (Lipinski definition) is 2. The molecule has 0 radical (unpaired) electrons.